The molecule has 4 heteroatoms. The molecule has 0 fully saturated rings. The van der Waals surface area contributed by atoms with Crippen LogP contribution in [-0.2, 0) is 0 Å². The average Bonchev–Trinajstić information content (AvgIpc) is 3.80. The van der Waals surface area contributed by atoms with Crippen LogP contribution in [0.3, 0.4) is 0 Å². The van der Waals surface area contributed by atoms with Crippen LogP contribution < -0.4 is 0 Å². The maximum absolute atomic E-state index is 5.44. The molecule has 0 saturated carbocycles. The molecular weight excluding hydrogens is 681 g/mol. The normalized spacial score (nSPS) is 11.9. The molecule has 0 aliphatic carbocycles. The van der Waals surface area contributed by atoms with Crippen molar-refractivity contribution in [2.24, 2.45) is 0 Å². The first-order valence-corrected chi connectivity index (χ1v) is 19.1. The van der Waals surface area contributed by atoms with Crippen molar-refractivity contribution < 1.29 is 0 Å². The van der Waals surface area contributed by atoms with E-state index < -0.39 is 0 Å². The van der Waals surface area contributed by atoms with E-state index in [4.69, 9.17) is 9.97 Å². The molecular formula is C52H32N4. The van der Waals surface area contributed by atoms with Gasteiger partial charge in [0, 0.05) is 38.0 Å². The molecule has 0 bridgehead atoms. The van der Waals surface area contributed by atoms with Crippen LogP contribution in [0, 0.1) is 0 Å². The Bertz CT molecular complexity index is 3470. The number of aromatic nitrogens is 4. The molecule has 12 rings (SSSR count). The Kier molecular flexibility index (Phi) is 6.60. The molecule has 0 amide bonds. The van der Waals surface area contributed by atoms with E-state index in [-0.39, 0.29) is 0 Å². The second kappa shape index (κ2) is 12.0. The molecule has 12 aromatic rings. The lowest BCUT2D eigenvalue weighted by molar-refractivity contribution is 1.08. The van der Waals surface area contributed by atoms with E-state index in [9.17, 15) is 0 Å². The third-order valence-corrected chi connectivity index (χ3v) is 11.6. The lowest BCUT2D eigenvalue weighted by atomic mass is 10.00. The van der Waals surface area contributed by atoms with Crippen LogP contribution in [0.2, 0.25) is 0 Å². The molecule has 56 heavy (non-hydrogen) atoms. The fourth-order valence-electron chi connectivity index (χ4n) is 9.05. The maximum Gasteiger partial charge on any atom is 0.156 e. The molecule has 3 aromatic heterocycles. The van der Waals surface area contributed by atoms with Crippen LogP contribution in [0.4, 0.5) is 0 Å². The van der Waals surface area contributed by atoms with Crippen molar-refractivity contribution in [1.82, 2.24) is 19.1 Å². The monoisotopic (exact) mass is 712 g/mol. The predicted molar refractivity (Wildman–Crippen MR) is 234 cm³/mol. The summed E-state index contributed by atoms with van der Waals surface area (Å²) in [6.45, 7) is 0. The smallest absolute Gasteiger partial charge is 0.156 e. The van der Waals surface area contributed by atoms with Crippen molar-refractivity contribution in [3.63, 3.8) is 0 Å². The fourth-order valence-corrected chi connectivity index (χ4v) is 9.05. The van der Waals surface area contributed by atoms with Gasteiger partial charge in [-0.1, -0.05) is 152 Å². The summed E-state index contributed by atoms with van der Waals surface area (Å²) in [7, 11) is 0. The molecule has 0 saturated heterocycles. The van der Waals surface area contributed by atoms with Gasteiger partial charge in [-0.2, -0.15) is 0 Å². The Morgan fingerprint density at radius 1 is 0.304 bits per heavy atom. The van der Waals surface area contributed by atoms with Gasteiger partial charge in [-0.25, -0.2) is 4.98 Å². The van der Waals surface area contributed by atoms with E-state index >= 15 is 0 Å². The zero-order chi connectivity index (χ0) is 36.7. The number of nitrogens with zero attached hydrogens (tertiary/aromatic N) is 4. The quantitative estimate of drug-likeness (QED) is 0.170. The third-order valence-electron chi connectivity index (χ3n) is 11.6. The van der Waals surface area contributed by atoms with Gasteiger partial charge in [0.1, 0.15) is 0 Å². The van der Waals surface area contributed by atoms with Gasteiger partial charge in [0.15, 0.2) is 5.82 Å². The van der Waals surface area contributed by atoms with Crippen molar-refractivity contribution >= 4 is 76.2 Å². The van der Waals surface area contributed by atoms with Crippen molar-refractivity contribution in [3.05, 3.63) is 194 Å². The highest BCUT2D eigenvalue weighted by Crippen LogP contribution is 2.43. The number of para-hydroxylation sites is 2. The molecule has 0 aliphatic rings. The van der Waals surface area contributed by atoms with E-state index in [1.54, 1.807) is 0 Å². The topological polar surface area (TPSA) is 35.6 Å². The van der Waals surface area contributed by atoms with Gasteiger partial charge < -0.3 is 4.57 Å². The van der Waals surface area contributed by atoms with E-state index in [2.05, 4.69) is 197 Å². The lowest BCUT2D eigenvalue weighted by Gasteiger charge is -2.12. The Balaban J connectivity index is 1.05. The molecule has 0 radical (unpaired) electrons. The van der Waals surface area contributed by atoms with Crippen LogP contribution in [0.5, 0.6) is 0 Å². The minimum atomic E-state index is 0.805. The Morgan fingerprint density at radius 3 is 1.32 bits per heavy atom. The van der Waals surface area contributed by atoms with Crippen molar-refractivity contribution in [2.75, 3.05) is 0 Å². The van der Waals surface area contributed by atoms with Crippen molar-refractivity contribution in [3.8, 4) is 33.8 Å². The summed E-state index contributed by atoms with van der Waals surface area (Å²) < 4.78 is 4.70. The number of rotatable bonds is 4. The highest BCUT2D eigenvalue weighted by atomic mass is 15.1. The summed E-state index contributed by atoms with van der Waals surface area (Å²) in [5, 5.41) is 9.47. The van der Waals surface area contributed by atoms with Crippen LogP contribution in [0.1, 0.15) is 0 Å². The summed E-state index contributed by atoms with van der Waals surface area (Å²) >= 11 is 0. The van der Waals surface area contributed by atoms with Crippen LogP contribution in [-0.4, -0.2) is 19.1 Å². The minimum absolute atomic E-state index is 0.805. The third kappa shape index (κ3) is 4.47. The second-order valence-corrected chi connectivity index (χ2v) is 14.6. The standard InChI is InChI=1S/C52H32N4/c1-2-12-33(13-3-1)34-22-24-35(25-23-34)36-26-28-37(29-27-36)55-44-20-10-8-18-42(44)49-46(55)30-31-47-50(49)43-19-9-11-21-45(43)56(47)48-32-53-51-40-16-6-4-14-38(40)39-15-5-7-17-41(39)52(51)54-48/h1-32H. The lowest BCUT2D eigenvalue weighted by Crippen LogP contribution is -2.00. The zero-order valence-corrected chi connectivity index (χ0v) is 30.3. The number of hydrogen-bond acceptors (Lipinski definition) is 2. The largest absolute Gasteiger partial charge is 0.309 e. The van der Waals surface area contributed by atoms with Gasteiger partial charge in [0.2, 0.25) is 0 Å². The average molecular weight is 713 g/mol. The molecule has 0 aliphatic heterocycles. The van der Waals surface area contributed by atoms with Crippen LogP contribution in [0.15, 0.2) is 194 Å². The fraction of sp³-hybridized carbons (Fsp3) is 0. The molecule has 0 atom stereocenters. The van der Waals surface area contributed by atoms with Gasteiger partial charge in [-0.15, -0.1) is 0 Å². The number of fused-ring (bicyclic) bond motifs is 13. The Morgan fingerprint density at radius 2 is 0.732 bits per heavy atom. The van der Waals surface area contributed by atoms with Gasteiger partial charge in [-0.05, 0) is 69.4 Å². The summed E-state index contributed by atoms with van der Waals surface area (Å²) in [5.74, 6) is 0.805. The van der Waals surface area contributed by atoms with Crippen molar-refractivity contribution in [1.29, 1.82) is 0 Å². The highest BCUT2D eigenvalue weighted by molar-refractivity contribution is 6.29. The Hall–Kier alpha value is -7.56. The maximum atomic E-state index is 5.44. The molecule has 4 nitrogen and oxygen atoms in total. The van der Waals surface area contributed by atoms with Gasteiger partial charge in [0.05, 0.1) is 39.3 Å². The van der Waals surface area contributed by atoms with Crippen LogP contribution in [0.25, 0.3) is 110 Å². The summed E-state index contributed by atoms with van der Waals surface area (Å²) in [6, 6.07) is 67.5. The van der Waals surface area contributed by atoms with Gasteiger partial charge >= 0.3 is 0 Å². The molecule has 0 N–H and O–H groups in total. The SMILES string of the molecule is c1ccc(-c2ccc(-c3ccc(-n4c5ccccc5c5c6c7ccccc7n(-c7cnc8c9ccccc9c9ccccc9c8n7)c6ccc54)cc3)cc2)cc1. The predicted octanol–water partition coefficient (Wildman–Crippen LogP) is 13.5. The molecule has 0 spiro atoms. The van der Waals surface area contributed by atoms with Crippen LogP contribution >= 0.6 is 0 Å². The first kappa shape index (κ1) is 30.9. The molecule has 260 valence electrons. The van der Waals surface area contributed by atoms with E-state index in [1.165, 1.54) is 65.6 Å². The zero-order valence-electron chi connectivity index (χ0n) is 30.3. The van der Waals surface area contributed by atoms with Gasteiger partial charge in [-0.3, -0.25) is 9.55 Å². The molecule has 3 heterocycles. The Labute approximate surface area is 322 Å². The first-order valence-electron chi connectivity index (χ1n) is 19.1. The van der Waals surface area contributed by atoms with E-state index in [1.807, 2.05) is 6.20 Å². The van der Waals surface area contributed by atoms with E-state index in [0.717, 1.165) is 44.3 Å². The van der Waals surface area contributed by atoms with Crippen molar-refractivity contribution in [2.45, 2.75) is 0 Å². The summed E-state index contributed by atoms with van der Waals surface area (Å²) in [4.78, 5) is 10.6. The first-order chi connectivity index (χ1) is 27.8. The molecule has 0 unspecified atom stereocenters. The van der Waals surface area contributed by atoms with E-state index in [0.29, 0.717) is 0 Å². The van der Waals surface area contributed by atoms with Gasteiger partial charge in [0.25, 0.3) is 0 Å². The minimum Gasteiger partial charge on any atom is -0.309 e. The second-order valence-electron chi connectivity index (χ2n) is 14.6. The highest BCUT2D eigenvalue weighted by Gasteiger charge is 2.21. The molecule has 9 aromatic carbocycles. The number of hydrogen-bond donors (Lipinski definition) is 0. The summed E-state index contributed by atoms with van der Waals surface area (Å²) in [6.07, 6.45) is 1.94. The summed E-state index contributed by atoms with van der Waals surface area (Å²) in [5.41, 5.74) is 12.4. The number of benzene rings is 9.